The maximum atomic E-state index is 12.5. The molecule has 22 heavy (non-hydrogen) atoms. The predicted octanol–water partition coefficient (Wildman–Crippen LogP) is 3.69. The predicted molar refractivity (Wildman–Crippen MR) is 95.1 cm³/mol. The third-order valence-electron chi connectivity index (χ3n) is 3.42. The molecular formula is C16H12ClIN2O2. The van der Waals surface area contributed by atoms with E-state index >= 15 is 0 Å². The van der Waals surface area contributed by atoms with Crippen molar-refractivity contribution in [2.75, 3.05) is 10.2 Å². The van der Waals surface area contributed by atoms with E-state index in [0.717, 1.165) is 9.26 Å². The maximum Gasteiger partial charge on any atom is 0.256 e. The molecule has 3 rings (SSSR count). The average Bonchev–Trinajstić information content (AvgIpc) is 2.77. The Kier molecular flexibility index (Phi) is 4.35. The molecule has 1 N–H and O–H groups in total. The number of halogens is 2. The van der Waals surface area contributed by atoms with Crippen LogP contribution < -0.4 is 10.2 Å². The van der Waals surface area contributed by atoms with E-state index in [-0.39, 0.29) is 18.2 Å². The van der Waals surface area contributed by atoms with Gasteiger partial charge in [-0.05, 0) is 71.1 Å². The number of rotatable bonds is 3. The van der Waals surface area contributed by atoms with Crippen molar-refractivity contribution < 1.29 is 9.59 Å². The first-order chi connectivity index (χ1) is 10.5. The molecule has 0 unspecified atom stereocenters. The number of carbonyl (C=O) groups excluding carboxylic acids is 2. The fraction of sp³-hybridized carbons (Fsp3) is 0.125. The summed E-state index contributed by atoms with van der Waals surface area (Å²) in [4.78, 5) is 25.8. The average molecular weight is 427 g/mol. The maximum absolute atomic E-state index is 12.5. The number of carbonyl (C=O) groups is 2. The van der Waals surface area contributed by atoms with E-state index in [0.29, 0.717) is 10.7 Å². The SMILES string of the molecule is O=C1C[C@H](Nc2ccc(I)cc2)C(=O)N1c1ccc(Cl)cc1. The zero-order valence-corrected chi connectivity index (χ0v) is 14.3. The molecule has 1 aliphatic heterocycles. The van der Waals surface area contributed by atoms with Crippen molar-refractivity contribution in [2.45, 2.75) is 12.5 Å². The molecule has 1 atom stereocenters. The summed E-state index contributed by atoms with van der Waals surface area (Å²) in [6.07, 6.45) is 0.146. The Hall–Kier alpha value is -1.60. The Balaban J connectivity index is 1.79. The number of benzene rings is 2. The molecule has 1 aliphatic rings. The lowest BCUT2D eigenvalue weighted by atomic mass is 10.2. The topological polar surface area (TPSA) is 49.4 Å². The molecule has 1 fully saturated rings. The summed E-state index contributed by atoms with van der Waals surface area (Å²) in [6, 6.07) is 13.8. The van der Waals surface area contributed by atoms with Gasteiger partial charge in [-0.25, -0.2) is 4.90 Å². The van der Waals surface area contributed by atoms with Gasteiger partial charge >= 0.3 is 0 Å². The van der Waals surface area contributed by atoms with E-state index in [2.05, 4.69) is 27.9 Å². The molecule has 0 radical (unpaired) electrons. The van der Waals surface area contributed by atoms with Crippen LogP contribution in [0.25, 0.3) is 0 Å². The highest BCUT2D eigenvalue weighted by Gasteiger charge is 2.39. The van der Waals surface area contributed by atoms with Gasteiger partial charge in [0, 0.05) is 14.3 Å². The van der Waals surface area contributed by atoms with Gasteiger partial charge in [0.2, 0.25) is 5.91 Å². The summed E-state index contributed by atoms with van der Waals surface area (Å²) in [5.41, 5.74) is 1.37. The van der Waals surface area contributed by atoms with Crippen molar-refractivity contribution in [3.05, 3.63) is 57.1 Å². The lowest BCUT2D eigenvalue weighted by molar-refractivity contribution is -0.121. The Morgan fingerprint density at radius 2 is 1.68 bits per heavy atom. The monoisotopic (exact) mass is 426 g/mol. The molecule has 0 bridgehead atoms. The lowest BCUT2D eigenvalue weighted by Gasteiger charge is -2.16. The third-order valence-corrected chi connectivity index (χ3v) is 4.39. The van der Waals surface area contributed by atoms with Gasteiger partial charge in [0.25, 0.3) is 5.91 Å². The molecule has 0 saturated carbocycles. The van der Waals surface area contributed by atoms with Crippen LogP contribution in [-0.4, -0.2) is 17.9 Å². The van der Waals surface area contributed by atoms with E-state index in [4.69, 9.17) is 11.6 Å². The van der Waals surface area contributed by atoms with Gasteiger partial charge in [0.15, 0.2) is 0 Å². The van der Waals surface area contributed by atoms with Crippen LogP contribution in [0.15, 0.2) is 48.5 Å². The molecule has 0 aromatic heterocycles. The standard InChI is InChI=1S/C16H12ClIN2O2/c17-10-1-7-13(8-2-10)20-15(21)9-14(16(20)22)19-12-5-3-11(18)4-6-12/h1-8,14,19H,9H2/t14-/m0/s1. The lowest BCUT2D eigenvalue weighted by Crippen LogP contribution is -2.34. The highest BCUT2D eigenvalue weighted by Crippen LogP contribution is 2.26. The number of hydrogen-bond acceptors (Lipinski definition) is 3. The second-order valence-corrected chi connectivity index (χ2v) is 6.63. The van der Waals surface area contributed by atoms with Crippen molar-refractivity contribution in [1.82, 2.24) is 0 Å². The molecule has 0 aliphatic carbocycles. The van der Waals surface area contributed by atoms with Crippen molar-refractivity contribution in [3.8, 4) is 0 Å². The number of imide groups is 1. The molecule has 2 aromatic carbocycles. The van der Waals surface area contributed by atoms with Crippen molar-refractivity contribution in [1.29, 1.82) is 0 Å². The Labute approximate surface area is 146 Å². The summed E-state index contributed by atoms with van der Waals surface area (Å²) in [5, 5.41) is 3.68. The summed E-state index contributed by atoms with van der Waals surface area (Å²) >= 11 is 8.05. The van der Waals surface area contributed by atoms with Gasteiger partial charge < -0.3 is 5.32 Å². The highest BCUT2D eigenvalue weighted by molar-refractivity contribution is 14.1. The molecule has 0 spiro atoms. The van der Waals surface area contributed by atoms with Gasteiger partial charge in [-0.1, -0.05) is 11.6 Å². The minimum Gasteiger partial charge on any atom is -0.373 e. The zero-order chi connectivity index (χ0) is 15.7. The van der Waals surface area contributed by atoms with E-state index < -0.39 is 6.04 Å². The molecule has 1 saturated heterocycles. The highest BCUT2D eigenvalue weighted by atomic mass is 127. The Morgan fingerprint density at radius 1 is 1.05 bits per heavy atom. The van der Waals surface area contributed by atoms with E-state index in [1.165, 1.54) is 4.90 Å². The second-order valence-electron chi connectivity index (χ2n) is 4.95. The van der Waals surface area contributed by atoms with E-state index in [1.807, 2.05) is 24.3 Å². The minimum absolute atomic E-state index is 0.146. The zero-order valence-electron chi connectivity index (χ0n) is 11.4. The van der Waals surface area contributed by atoms with Crippen LogP contribution in [0.1, 0.15) is 6.42 Å². The largest absolute Gasteiger partial charge is 0.373 e. The third kappa shape index (κ3) is 3.10. The van der Waals surface area contributed by atoms with Crippen LogP contribution in [0.4, 0.5) is 11.4 Å². The summed E-state index contributed by atoms with van der Waals surface area (Å²) in [6.45, 7) is 0. The van der Waals surface area contributed by atoms with Crippen LogP contribution >= 0.6 is 34.2 Å². The molecule has 4 nitrogen and oxygen atoms in total. The van der Waals surface area contributed by atoms with E-state index in [9.17, 15) is 9.59 Å². The van der Waals surface area contributed by atoms with Crippen LogP contribution in [0.2, 0.25) is 5.02 Å². The summed E-state index contributed by atoms with van der Waals surface area (Å²) in [7, 11) is 0. The number of amides is 2. The van der Waals surface area contributed by atoms with Gasteiger partial charge in [-0.15, -0.1) is 0 Å². The first-order valence-corrected chi connectivity index (χ1v) is 8.15. The molecular weight excluding hydrogens is 415 g/mol. The van der Waals surface area contributed by atoms with Crippen LogP contribution in [0.3, 0.4) is 0 Å². The number of nitrogens with one attached hydrogen (secondary N) is 1. The van der Waals surface area contributed by atoms with Crippen LogP contribution in [0, 0.1) is 3.57 Å². The first kappa shape index (κ1) is 15.3. The van der Waals surface area contributed by atoms with Crippen molar-refractivity contribution in [2.24, 2.45) is 0 Å². The smallest absolute Gasteiger partial charge is 0.256 e. The summed E-state index contributed by atoms with van der Waals surface area (Å²) in [5.74, 6) is -0.457. The number of hydrogen-bond donors (Lipinski definition) is 1. The number of anilines is 2. The van der Waals surface area contributed by atoms with Gasteiger partial charge in [-0.3, -0.25) is 9.59 Å². The van der Waals surface area contributed by atoms with Crippen LogP contribution in [0.5, 0.6) is 0 Å². The Bertz CT molecular complexity index is 716. The molecule has 112 valence electrons. The number of nitrogens with zero attached hydrogens (tertiary/aromatic N) is 1. The molecule has 6 heteroatoms. The van der Waals surface area contributed by atoms with Gasteiger partial charge in [0.05, 0.1) is 12.1 Å². The first-order valence-electron chi connectivity index (χ1n) is 6.69. The van der Waals surface area contributed by atoms with Crippen LogP contribution in [-0.2, 0) is 9.59 Å². The normalized spacial score (nSPS) is 17.9. The van der Waals surface area contributed by atoms with E-state index in [1.54, 1.807) is 24.3 Å². The van der Waals surface area contributed by atoms with Gasteiger partial charge in [0.1, 0.15) is 6.04 Å². The summed E-state index contributed by atoms with van der Waals surface area (Å²) < 4.78 is 1.11. The molecule has 2 amide bonds. The van der Waals surface area contributed by atoms with Gasteiger partial charge in [-0.2, -0.15) is 0 Å². The Morgan fingerprint density at radius 3 is 2.32 bits per heavy atom. The molecule has 1 heterocycles. The molecule has 2 aromatic rings. The second kappa shape index (κ2) is 6.26. The quantitative estimate of drug-likeness (QED) is 0.602. The van der Waals surface area contributed by atoms with Crippen molar-refractivity contribution in [3.63, 3.8) is 0 Å². The van der Waals surface area contributed by atoms with Crippen molar-refractivity contribution >= 4 is 57.4 Å². The fourth-order valence-corrected chi connectivity index (χ4v) is 2.84. The minimum atomic E-state index is -0.539. The fourth-order valence-electron chi connectivity index (χ4n) is 2.35.